The van der Waals surface area contributed by atoms with E-state index in [1.165, 1.54) is 5.56 Å². The number of hydrogen-bond acceptors (Lipinski definition) is 0. The van der Waals surface area contributed by atoms with Crippen molar-refractivity contribution in [2.45, 2.75) is 32.9 Å². The maximum Gasteiger partial charge on any atom is 0 e. The zero-order valence-corrected chi connectivity index (χ0v) is 14.5. The first-order valence-electron chi connectivity index (χ1n) is 6.67. The molecular weight excluding hydrogens is 291 g/mol. The Morgan fingerprint density at radius 3 is 1.42 bits per heavy atom. The molecule has 0 bridgehead atoms. The third-order valence-electron chi connectivity index (χ3n) is 3.63. The van der Waals surface area contributed by atoms with Crippen molar-refractivity contribution in [3.8, 4) is 0 Å². The molecule has 0 N–H and O–H groups in total. The Morgan fingerprint density at radius 2 is 1.16 bits per heavy atom. The Hall–Kier alpha value is -0.351. The second kappa shape index (κ2) is 8.75. The summed E-state index contributed by atoms with van der Waals surface area (Å²) >= 11 is 0. The van der Waals surface area contributed by atoms with Crippen molar-refractivity contribution in [3.63, 3.8) is 0 Å². The van der Waals surface area contributed by atoms with E-state index in [0.29, 0.717) is 11.8 Å². The van der Waals surface area contributed by atoms with Crippen LogP contribution in [0, 0.1) is 11.8 Å². The van der Waals surface area contributed by atoms with Gasteiger partial charge < -0.3 is 30.3 Å². The summed E-state index contributed by atoms with van der Waals surface area (Å²) < 4.78 is 0. The predicted molar refractivity (Wildman–Crippen MR) is 85.1 cm³/mol. The molecule has 0 aliphatic carbocycles. The molecule has 2 aromatic rings. The molecule has 0 saturated carbocycles. The fourth-order valence-electron chi connectivity index (χ4n) is 2.32. The van der Waals surface area contributed by atoms with Crippen LogP contribution in [0.4, 0.5) is 0 Å². The third-order valence-corrected chi connectivity index (χ3v) is 5.30. The van der Waals surface area contributed by atoms with Crippen LogP contribution in [0.5, 0.6) is 0 Å². The van der Waals surface area contributed by atoms with Crippen LogP contribution < -0.4 is 0 Å². The van der Waals surface area contributed by atoms with E-state index in [1.54, 1.807) is 0 Å². The molecule has 0 fully saturated rings. The normalized spacial score (nSPS) is 10.9. The van der Waals surface area contributed by atoms with Crippen LogP contribution in [-0.4, -0.2) is 0 Å². The summed E-state index contributed by atoms with van der Waals surface area (Å²) in [5.41, 5.74) is 1.45. The first kappa shape index (κ1) is 18.6. The Balaban J connectivity index is 0.000000454. The van der Waals surface area contributed by atoms with Crippen molar-refractivity contribution < 1.29 is 17.1 Å². The Labute approximate surface area is 131 Å². The summed E-state index contributed by atoms with van der Waals surface area (Å²) in [4.78, 5) is 0. The Kier molecular flexibility index (Phi) is 8.59. The minimum absolute atomic E-state index is 0. The Bertz CT molecular complexity index is 373. The van der Waals surface area contributed by atoms with Gasteiger partial charge in [-0.3, -0.25) is 0 Å². The van der Waals surface area contributed by atoms with Crippen LogP contribution in [0.2, 0.25) is 0 Å². The summed E-state index contributed by atoms with van der Waals surface area (Å²) in [6, 6.07) is 18.7. The molecule has 0 radical (unpaired) electrons. The SMILES string of the molecule is CC(C)C(P)([c-]1cccc1)C(C)C.[Fe].[cH-]1[cH-][cH-][cH-][cH-]1. The molecule has 112 valence electrons. The topological polar surface area (TPSA) is 0 Å². The number of rotatable bonds is 3. The van der Waals surface area contributed by atoms with E-state index in [9.17, 15) is 0 Å². The van der Waals surface area contributed by atoms with E-state index in [0.717, 1.165) is 0 Å². The first-order valence-corrected chi connectivity index (χ1v) is 7.25. The van der Waals surface area contributed by atoms with Gasteiger partial charge in [0.05, 0.1) is 0 Å². The monoisotopic (exact) mass is 316 g/mol. The molecule has 0 amide bonds. The molecule has 2 aromatic carbocycles. The van der Waals surface area contributed by atoms with E-state index in [2.05, 4.69) is 61.2 Å². The van der Waals surface area contributed by atoms with Gasteiger partial charge in [-0.05, 0) is 17.0 Å². The standard InChI is InChI=1S/C12H20P.C5H5.Fe/c1-9(2)12(13,10(3)4)11-7-5-6-8-11;1-2-4-5-3-1;/h5-10H,13H2,1-4H3;1-5H;/q-1;-5;. The van der Waals surface area contributed by atoms with E-state index in [1.807, 2.05) is 30.3 Å². The summed E-state index contributed by atoms with van der Waals surface area (Å²) in [7, 11) is 3.05. The minimum Gasteiger partial charge on any atom is -0.748 e. The van der Waals surface area contributed by atoms with E-state index >= 15 is 0 Å². The summed E-state index contributed by atoms with van der Waals surface area (Å²) in [6.45, 7) is 9.17. The van der Waals surface area contributed by atoms with Crippen molar-refractivity contribution in [2.75, 3.05) is 0 Å². The molecule has 0 aliphatic heterocycles. The molecule has 0 nitrogen and oxygen atoms in total. The number of hydrogen-bond donors (Lipinski definition) is 0. The van der Waals surface area contributed by atoms with E-state index in [-0.39, 0.29) is 22.2 Å². The summed E-state index contributed by atoms with van der Waals surface area (Å²) in [6.07, 6.45) is 0. The molecule has 19 heavy (non-hydrogen) atoms. The van der Waals surface area contributed by atoms with Crippen LogP contribution in [-0.2, 0) is 22.2 Å². The van der Waals surface area contributed by atoms with Gasteiger partial charge in [0.2, 0.25) is 0 Å². The molecule has 1 unspecified atom stereocenters. The summed E-state index contributed by atoms with van der Waals surface area (Å²) in [5.74, 6) is 1.31. The van der Waals surface area contributed by atoms with Crippen molar-refractivity contribution in [2.24, 2.45) is 11.8 Å². The molecule has 2 rings (SSSR count). The second-order valence-corrected chi connectivity index (χ2v) is 6.33. The Morgan fingerprint density at radius 1 is 0.842 bits per heavy atom. The van der Waals surface area contributed by atoms with Gasteiger partial charge in [-0.2, -0.15) is 12.1 Å². The molecule has 2 heteroatoms. The van der Waals surface area contributed by atoms with Crippen molar-refractivity contribution >= 4 is 9.24 Å². The molecule has 0 spiro atoms. The zero-order valence-electron chi connectivity index (χ0n) is 12.3. The molecular formula is C17H25FeP-6. The largest absolute Gasteiger partial charge is 0.748 e. The van der Waals surface area contributed by atoms with Gasteiger partial charge in [0.1, 0.15) is 0 Å². The van der Waals surface area contributed by atoms with Crippen LogP contribution in [0.1, 0.15) is 33.3 Å². The van der Waals surface area contributed by atoms with Gasteiger partial charge in [0.15, 0.2) is 0 Å². The zero-order chi connectivity index (χ0) is 13.6. The smallest absolute Gasteiger partial charge is 0 e. The maximum atomic E-state index is 3.05. The van der Waals surface area contributed by atoms with E-state index < -0.39 is 0 Å². The predicted octanol–water partition coefficient (Wildman–Crippen LogP) is 5.19. The molecule has 1 atom stereocenters. The van der Waals surface area contributed by atoms with Crippen LogP contribution in [0.15, 0.2) is 54.6 Å². The molecule has 0 aromatic heterocycles. The minimum atomic E-state index is 0. The van der Waals surface area contributed by atoms with Gasteiger partial charge >= 0.3 is 0 Å². The van der Waals surface area contributed by atoms with Gasteiger partial charge in [-0.25, -0.2) is 12.1 Å². The third kappa shape index (κ3) is 4.92. The quantitative estimate of drug-likeness (QED) is 0.415. The van der Waals surface area contributed by atoms with Crippen molar-refractivity contribution in [1.29, 1.82) is 0 Å². The average molecular weight is 316 g/mol. The summed E-state index contributed by atoms with van der Waals surface area (Å²) in [5, 5.41) is 0.240. The second-order valence-electron chi connectivity index (χ2n) is 5.38. The van der Waals surface area contributed by atoms with Crippen LogP contribution >= 0.6 is 9.24 Å². The molecule has 0 aliphatic rings. The molecule has 0 heterocycles. The van der Waals surface area contributed by atoms with Gasteiger partial charge in [0, 0.05) is 17.1 Å². The van der Waals surface area contributed by atoms with Gasteiger partial charge in [-0.15, -0.1) is 14.8 Å². The fourth-order valence-corrected chi connectivity index (χ4v) is 2.51. The van der Waals surface area contributed by atoms with E-state index in [4.69, 9.17) is 0 Å². The van der Waals surface area contributed by atoms with Crippen molar-refractivity contribution in [1.82, 2.24) is 0 Å². The first-order chi connectivity index (χ1) is 8.49. The van der Waals surface area contributed by atoms with Crippen LogP contribution in [0.3, 0.4) is 0 Å². The van der Waals surface area contributed by atoms with Gasteiger partial charge in [-0.1, -0.05) is 27.7 Å². The molecule has 0 saturated heterocycles. The maximum absolute atomic E-state index is 3.05. The van der Waals surface area contributed by atoms with Crippen molar-refractivity contribution in [3.05, 3.63) is 60.2 Å². The fraction of sp³-hybridized carbons (Fsp3) is 0.412. The van der Waals surface area contributed by atoms with Gasteiger partial charge in [0.25, 0.3) is 0 Å². The average Bonchev–Trinajstić information content (AvgIpc) is 3.02. The van der Waals surface area contributed by atoms with Crippen LogP contribution in [0.25, 0.3) is 0 Å².